The molecule has 0 aliphatic rings. The molecule has 2 N–H and O–H groups in total. The first kappa shape index (κ1) is 11.9. The number of nitrogens with two attached hydrogens (primary N) is 1. The molecule has 0 saturated heterocycles. The monoisotopic (exact) mass is 186 g/mol. The Balaban J connectivity index is 3.62. The predicted molar refractivity (Wildman–Crippen MR) is 51.0 cm³/mol. The van der Waals surface area contributed by atoms with Crippen LogP contribution in [0.3, 0.4) is 0 Å². The summed E-state index contributed by atoms with van der Waals surface area (Å²) in [6, 6.07) is 0. The van der Waals surface area contributed by atoms with Crippen molar-refractivity contribution in [3.63, 3.8) is 0 Å². The predicted octanol–water partition coefficient (Wildman–Crippen LogP) is 0.510. The minimum Gasteiger partial charge on any atom is -0.370 e. The van der Waals surface area contributed by atoms with Gasteiger partial charge in [0.25, 0.3) is 0 Å². The summed E-state index contributed by atoms with van der Waals surface area (Å²) in [6.45, 7) is 2.47. The van der Waals surface area contributed by atoms with Gasteiger partial charge in [0.15, 0.2) is 0 Å². The molecule has 0 radical (unpaired) electrons. The second-order valence-corrected chi connectivity index (χ2v) is 3.14. The van der Waals surface area contributed by atoms with Gasteiger partial charge < -0.3 is 10.6 Å². The summed E-state index contributed by atoms with van der Waals surface area (Å²) >= 11 is 0. The Morgan fingerprint density at radius 1 is 1.31 bits per heavy atom. The molecule has 0 spiro atoms. The van der Waals surface area contributed by atoms with Gasteiger partial charge in [0.1, 0.15) is 0 Å². The molecule has 0 atom stereocenters. The second-order valence-electron chi connectivity index (χ2n) is 3.14. The maximum atomic E-state index is 11.3. The Bertz CT molecular complexity index is 180. The van der Waals surface area contributed by atoms with Gasteiger partial charge in [0.05, 0.1) is 0 Å². The van der Waals surface area contributed by atoms with Crippen molar-refractivity contribution < 1.29 is 9.59 Å². The lowest BCUT2D eigenvalue weighted by atomic mass is 10.2. The number of unbranched alkanes of at least 4 members (excludes halogenated alkanes) is 1. The quantitative estimate of drug-likeness (QED) is 0.657. The van der Waals surface area contributed by atoms with Crippen molar-refractivity contribution >= 4 is 11.8 Å². The summed E-state index contributed by atoms with van der Waals surface area (Å²) in [5, 5.41) is 0. The van der Waals surface area contributed by atoms with E-state index in [1.807, 2.05) is 6.92 Å². The van der Waals surface area contributed by atoms with Crippen molar-refractivity contribution in [3.05, 3.63) is 0 Å². The fraction of sp³-hybridized carbons (Fsp3) is 0.778. The average molecular weight is 186 g/mol. The standard InChI is InChI=1S/C9H18N2O2/c1-3-4-5-9(13)11(2)7-6-8(10)12/h3-7H2,1-2H3,(H2,10,12). The molecule has 0 heterocycles. The first-order valence-electron chi connectivity index (χ1n) is 4.60. The highest BCUT2D eigenvalue weighted by molar-refractivity contribution is 5.77. The normalized spacial score (nSPS) is 9.69. The minimum atomic E-state index is -0.366. The number of hydrogen-bond acceptors (Lipinski definition) is 2. The maximum absolute atomic E-state index is 11.3. The highest BCUT2D eigenvalue weighted by Crippen LogP contribution is 1.99. The number of hydrogen-bond donors (Lipinski definition) is 1. The van der Waals surface area contributed by atoms with Gasteiger partial charge in [-0.2, -0.15) is 0 Å². The second kappa shape index (κ2) is 6.46. The van der Waals surface area contributed by atoms with Crippen LogP contribution in [-0.4, -0.2) is 30.3 Å². The Labute approximate surface area is 79.1 Å². The van der Waals surface area contributed by atoms with Gasteiger partial charge >= 0.3 is 0 Å². The molecule has 0 bridgehead atoms. The summed E-state index contributed by atoms with van der Waals surface area (Å²) in [5.74, 6) is -0.279. The van der Waals surface area contributed by atoms with E-state index < -0.39 is 0 Å². The lowest BCUT2D eigenvalue weighted by Gasteiger charge is -2.15. The smallest absolute Gasteiger partial charge is 0.222 e. The number of carbonyl (C=O) groups excluding carboxylic acids is 2. The van der Waals surface area contributed by atoms with E-state index in [9.17, 15) is 9.59 Å². The molecule has 0 aliphatic carbocycles. The first-order valence-corrected chi connectivity index (χ1v) is 4.60. The van der Waals surface area contributed by atoms with E-state index in [1.165, 1.54) is 0 Å². The van der Waals surface area contributed by atoms with Crippen molar-refractivity contribution in [3.8, 4) is 0 Å². The molecule has 0 fully saturated rings. The third-order valence-electron chi connectivity index (χ3n) is 1.86. The van der Waals surface area contributed by atoms with Crippen molar-refractivity contribution in [2.45, 2.75) is 32.6 Å². The van der Waals surface area contributed by atoms with E-state index in [-0.39, 0.29) is 18.2 Å². The summed E-state index contributed by atoms with van der Waals surface area (Å²) in [6.07, 6.45) is 2.72. The zero-order valence-corrected chi connectivity index (χ0v) is 8.38. The van der Waals surface area contributed by atoms with Crippen LogP contribution in [0.15, 0.2) is 0 Å². The van der Waals surface area contributed by atoms with E-state index >= 15 is 0 Å². The van der Waals surface area contributed by atoms with Crippen LogP contribution >= 0.6 is 0 Å². The van der Waals surface area contributed by atoms with Crippen molar-refractivity contribution in [1.29, 1.82) is 0 Å². The Morgan fingerprint density at radius 3 is 2.38 bits per heavy atom. The van der Waals surface area contributed by atoms with Gasteiger partial charge in [0, 0.05) is 26.4 Å². The van der Waals surface area contributed by atoms with Crippen LogP contribution in [0.2, 0.25) is 0 Å². The molecule has 0 rings (SSSR count). The number of primary amides is 1. The van der Waals surface area contributed by atoms with Gasteiger partial charge in [0.2, 0.25) is 11.8 Å². The van der Waals surface area contributed by atoms with E-state index in [0.717, 1.165) is 12.8 Å². The third-order valence-corrected chi connectivity index (χ3v) is 1.86. The molecule has 4 heteroatoms. The molecule has 13 heavy (non-hydrogen) atoms. The fourth-order valence-corrected chi connectivity index (χ4v) is 0.921. The average Bonchev–Trinajstić information content (AvgIpc) is 2.10. The van der Waals surface area contributed by atoms with Gasteiger partial charge in [-0.25, -0.2) is 0 Å². The summed E-state index contributed by atoms with van der Waals surface area (Å²) < 4.78 is 0. The highest BCUT2D eigenvalue weighted by Gasteiger charge is 2.07. The molecular weight excluding hydrogens is 168 g/mol. The molecule has 2 amide bonds. The SMILES string of the molecule is CCCCC(=O)N(C)CCC(N)=O. The van der Waals surface area contributed by atoms with E-state index in [4.69, 9.17) is 5.73 Å². The Kier molecular flexibility index (Phi) is 5.93. The van der Waals surface area contributed by atoms with Crippen LogP contribution in [0.5, 0.6) is 0 Å². The van der Waals surface area contributed by atoms with Crippen LogP contribution in [0, 0.1) is 0 Å². The molecule has 0 aromatic carbocycles. The summed E-state index contributed by atoms with van der Waals surface area (Å²) in [4.78, 5) is 23.3. The van der Waals surface area contributed by atoms with Crippen LogP contribution in [0.4, 0.5) is 0 Å². The topological polar surface area (TPSA) is 63.4 Å². The minimum absolute atomic E-state index is 0.0862. The molecule has 76 valence electrons. The van der Waals surface area contributed by atoms with E-state index in [2.05, 4.69) is 0 Å². The van der Waals surface area contributed by atoms with Crippen LogP contribution in [-0.2, 0) is 9.59 Å². The van der Waals surface area contributed by atoms with Gasteiger partial charge in [-0.15, -0.1) is 0 Å². The lowest BCUT2D eigenvalue weighted by molar-refractivity contribution is -0.130. The van der Waals surface area contributed by atoms with E-state index in [1.54, 1.807) is 11.9 Å². The van der Waals surface area contributed by atoms with Crippen LogP contribution in [0.1, 0.15) is 32.6 Å². The first-order chi connectivity index (χ1) is 6.07. The fourth-order valence-electron chi connectivity index (χ4n) is 0.921. The summed E-state index contributed by atoms with van der Waals surface area (Å²) in [7, 11) is 1.70. The molecule has 0 aromatic rings. The molecule has 0 aromatic heterocycles. The maximum Gasteiger partial charge on any atom is 0.222 e. The summed E-state index contributed by atoms with van der Waals surface area (Å²) in [5.41, 5.74) is 4.96. The number of nitrogens with zero attached hydrogens (tertiary/aromatic N) is 1. The molecule has 0 saturated carbocycles. The van der Waals surface area contributed by atoms with Crippen LogP contribution in [0.25, 0.3) is 0 Å². The largest absolute Gasteiger partial charge is 0.370 e. The van der Waals surface area contributed by atoms with Crippen molar-refractivity contribution in [2.24, 2.45) is 5.73 Å². The number of carbonyl (C=O) groups is 2. The zero-order valence-electron chi connectivity index (χ0n) is 8.38. The third kappa shape index (κ3) is 6.13. The Hall–Kier alpha value is -1.06. The number of amides is 2. The van der Waals surface area contributed by atoms with Crippen molar-refractivity contribution in [2.75, 3.05) is 13.6 Å². The van der Waals surface area contributed by atoms with Crippen molar-refractivity contribution in [1.82, 2.24) is 4.90 Å². The highest BCUT2D eigenvalue weighted by atomic mass is 16.2. The molecule has 0 unspecified atom stereocenters. The molecule has 4 nitrogen and oxygen atoms in total. The lowest BCUT2D eigenvalue weighted by Crippen LogP contribution is -2.30. The molecule has 0 aliphatic heterocycles. The molecular formula is C9H18N2O2. The van der Waals surface area contributed by atoms with Gasteiger partial charge in [-0.3, -0.25) is 9.59 Å². The number of rotatable bonds is 6. The van der Waals surface area contributed by atoms with E-state index in [0.29, 0.717) is 13.0 Å². The Morgan fingerprint density at radius 2 is 1.92 bits per heavy atom. The van der Waals surface area contributed by atoms with Gasteiger partial charge in [-0.05, 0) is 6.42 Å². The zero-order chi connectivity index (χ0) is 10.3. The van der Waals surface area contributed by atoms with Gasteiger partial charge in [-0.1, -0.05) is 13.3 Å². The van der Waals surface area contributed by atoms with Crippen LogP contribution < -0.4 is 5.73 Å².